The molecule has 0 aliphatic carbocycles. The van der Waals surface area contributed by atoms with Gasteiger partial charge in [0.05, 0.1) is 18.6 Å². The minimum atomic E-state index is -0.173. The fourth-order valence-corrected chi connectivity index (χ4v) is 3.73. The van der Waals surface area contributed by atoms with Gasteiger partial charge in [-0.05, 0) is 50.1 Å². The first-order valence-electron chi connectivity index (χ1n) is 8.26. The maximum atomic E-state index is 12.4. The van der Waals surface area contributed by atoms with Crippen molar-refractivity contribution in [3.8, 4) is 5.75 Å². The highest BCUT2D eigenvalue weighted by molar-refractivity contribution is 8.00. The van der Waals surface area contributed by atoms with Gasteiger partial charge in [-0.2, -0.15) is 0 Å². The molecule has 138 valence electrons. The number of amides is 2. The normalized spacial score (nSPS) is 10.3. The number of ether oxygens (including phenoxy) is 1. The molecule has 0 radical (unpaired) electrons. The van der Waals surface area contributed by atoms with Gasteiger partial charge >= 0.3 is 0 Å². The lowest BCUT2D eigenvalue weighted by Crippen LogP contribution is -2.15. The van der Waals surface area contributed by atoms with Gasteiger partial charge < -0.3 is 15.4 Å². The van der Waals surface area contributed by atoms with Crippen LogP contribution in [-0.4, -0.2) is 24.7 Å². The van der Waals surface area contributed by atoms with E-state index in [-0.39, 0.29) is 17.6 Å². The van der Waals surface area contributed by atoms with E-state index < -0.39 is 0 Å². The van der Waals surface area contributed by atoms with E-state index in [2.05, 4.69) is 43.5 Å². The molecule has 0 heterocycles. The van der Waals surface area contributed by atoms with Crippen LogP contribution >= 0.6 is 11.8 Å². The largest absolute Gasteiger partial charge is 0.495 e. The Bertz CT molecular complexity index is 811. The van der Waals surface area contributed by atoms with Crippen LogP contribution < -0.4 is 15.4 Å². The second kappa shape index (κ2) is 8.76. The Morgan fingerprint density at radius 1 is 1.04 bits per heavy atom. The summed E-state index contributed by atoms with van der Waals surface area (Å²) in [6.45, 7) is 7.61. The Morgan fingerprint density at radius 2 is 1.69 bits per heavy atom. The van der Waals surface area contributed by atoms with E-state index in [0.717, 1.165) is 4.90 Å². The quantitative estimate of drug-likeness (QED) is 0.742. The van der Waals surface area contributed by atoms with Crippen molar-refractivity contribution < 1.29 is 14.3 Å². The maximum Gasteiger partial charge on any atom is 0.234 e. The van der Waals surface area contributed by atoms with Crippen LogP contribution in [0.5, 0.6) is 5.75 Å². The summed E-state index contributed by atoms with van der Waals surface area (Å²) in [5.41, 5.74) is 4.69. The van der Waals surface area contributed by atoms with E-state index in [1.165, 1.54) is 42.5 Å². The summed E-state index contributed by atoms with van der Waals surface area (Å²) in [5.74, 6) is 0.527. The molecule has 6 heteroatoms. The number of benzene rings is 2. The SMILES string of the molecule is COc1ccc(NC(C)=O)cc1NC(=O)CSc1c(C)cc(C)cc1C. The molecule has 0 unspecified atom stereocenters. The molecule has 0 spiro atoms. The van der Waals surface area contributed by atoms with Crippen molar-refractivity contribution in [2.24, 2.45) is 0 Å². The van der Waals surface area contributed by atoms with Crippen molar-refractivity contribution in [1.82, 2.24) is 0 Å². The lowest BCUT2D eigenvalue weighted by Gasteiger charge is -2.13. The molecule has 26 heavy (non-hydrogen) atoms. The number of carbonyl (C=O) groups is 2. The third kappa shape index (κ3) is 5.26. The number of hydrogen-bond acceptors (Lipinski definition) is 4. The molecule has 5 nitrogen and oxygen atoms in total. The van der Waals surface area contributed by atoms with E-state index >= 15 is 0 Å². The average Bonchev–Trinajstić information content (AvgIpc) is 2.53. The predicted octanol–water partition coefficient (Wildman–Crippen LogP) is 4.31. The van der Waals surface area contributed by atoms with E-state index in [4.69, 9.17) is 4.74 Å². The first kappa shape index (κ1) is 19.8. The van der Waals surface area contributed by atoms with Crippen LogP contribution in [0.3, 0.4) is 0 Å². The summed E-state index contributed by atoms with van der Waals surface area (Å²) < 4.78 is 5.29. The number of hydrogen-bond donors (Lipinski definition) is 2. The number of anilines is 2. The van der Waals surface area contributed by atoms with Crippen molar-refractivity contribution >= 4 is 35.0 Å². The van der Waals surface area contributed by atoms with Crippen molar-refractivity contribution in [3.05, 3.63) is 47.0 Å². The molecular weight excluding hydrogens is 348 g/mol. The second-order valence-corrected chi connectivity index (χ2v) is 7.15. The van der Waals surface area contributed by atoms with E-state index in [9.17, 15) is 9.59 Å². The molecule has 2 rings (SSSR count). The summed E-state index contributed by atoms with van der Waals surface area (Å²) in [7, 11) is 1.54. The van der Waals surface area contributed by atoms with Gasteiger partial charge in [-0.25, -0.2) is 0 Å². The topological polar surface area (TPSA) is 67.4 Å². The van der Waals surface area contributed by atoms with Gasteiger partial charge in [-0.1, -0.05) is 17.7 Å². The molecule has 0 aliphatic rings. The summed E-state index contributed by atoms with van der Waals surface area (Å²) in [6.07, 6.45) is 0. The third-order valence-corrected chi connectivity index (χ3v) is 5.09. The van der Waals surface area contributed by atoms with Crippen LogP contribution in [-0.2, 0) is 9.59 Å². The summed E-state index contributed by atoms with van der Waals surface area (Å²) in [6, 6.07) is 9.36. The van der Waals surface area contributed by atoms with Crippen molar-refractivity contribution in [1.29, 1.82) is 0 Å². The Morgan fingerprint density at radius 3 is 2.27 bits per heavy atom. The molecule has 0 fully saturated rings. The van der Waals surface area contributed by atoms with Crippen LogP contribution in [0.15, 0.2) is 35.2 Å². The number of aryl methyl sites for hydroxylation is 3. The van der Waals surface area contributed by atoms with Gasteiger partial charge in [0.2, 0.25) is 11.8 Å². The van der Waals surface area contributed by atoms with Crippen molar-refractivity contribution in [3.63, 3.8) is 0 Å². The van der Waals surface area contributed by atoms with Crippen molar-refractivity contribution in [2.75, 3.05) is 23.5 Å². The smallest absolute Gasteiger partial charge is 0.234 e. The summed E-state index contributed by atoms with van der Waals surface area (Å²) >= 11 is 1.52. The summed E-state index contributed by atoms with van der Waals surface area (Å²) in [5, 5.41) is 5.56. The molecule has 0 saturated carbocycles. The molecule has 0 atom stereocenters. The fourth-order valence-electron chi connectivity index (χ4n) is 2.81. The van der Waals surface area contributed by atoms with E-state index in [0.29, 0.717) is 17.1 Å². The van der Waals surface area contributed by atoms with Gasteiger partial charge in [0.25, 0.3) is 0 Å². The third-order valence-electron chi connectivity index (χ3n) is 3.75. The molecule has 2 amide bonds. The van der Waals surface area contributed by atoms with Crippen LogP contribution in [0.1, 0.15) is 23.6 Å². The van der Waals surface area contributed by atoms with Gasteiger partial charge in [0.15, 0.2) is 0 Å². The molecule has 2 N–H and O–H groups in total. The van der Waals surface area contributed by atoms with E-state index in [1.807, 2.05) is 0 Å². The minimum absolute atomic E-state index is 0.132. The van der Waals surface area contributed by atoms with Crippen LogP contribution in [0.4, 0.5) is 11.4 Å². The molecule has 0 aromatic heterocycles. The Hall–Kier alpha value is -2.47. The van der Waals surface area contributed by atoms with E-state index in [1.54, 1.807) is 18.2 Å². The number of methoxy groups -OCH3 is 1. The lowest BCUT2D eigenvalue weighted by atomic mass is 10.1. The molecule has 0 bridgehead atoms. The monoisotopic (exact) mass is 372 g/mol. The summed E-state index contributed by atoms with van der Waals surface area (Å²) in [4.78, 5) is 24.7. The zero-order chi connectivity index (χ0) is 19.3. The first-order valence-corrected chi connectivity index (χ1v) is 9.25. The fraction of sp³-hybridized carbons (Fsp3) is 0.300. The molecule has 0 saturated heterocycles. The highest BCUT2D eigenvalue weighted by atomic mass is 32.2. The van der Waals surface area contributed by atoms with Gasteiger partial charge in [-0.15, -0.1) is 11.8 Å². The zero-order valence-electron chi connectivity index (χ0n) is 15.7. The molecule has 0 aliphatic heterocycles. The van der Waals surface area contributed by atoms with Gasteiger partial charge in [0.1, 0.15) is 5.75 Å². The van der Waals surface area contributed by atoms with Gasteiger partial charge in [-0.3, -0.25) is 9.59 Å². The number of thioether (sulfide) groups is 1. The Balaban J connectivity index is 2.09. The number of nitrogens with one attached hydrogen (secondary N) is 2. The maximum absolute atomic E-state index is 12.4. The molecule has 2 aromatic rings. The molecular formula is C20H24N2O3S. The zero-order valence-corrected chi connectivity index (χ0v) is 16.5. The minimum Gasteiger partial charge on any atom is -0.495 e. The predicted molar refractivity (Wildman–Crippen MR) is 107 cm³/mol. The number of carbonyl (C=O) groups excluding carboxylic acids is 2. The lowest BCUT2D eigenvalue weighted by molar-refractivity contribution is -0.114. The highest BCUT2D eigenvalue weighted by Crippen LogP contribution is 2.30. The Kier molecular flexibility index (Phi) is 6.69. The van der Waals surface area contributed by atoms with Crippen LogP contribution in [0.2, 0.25) is 0 Å². The van der Waals surface area contributed by atoms with Gasteiger partial charge in [0, 0.05) is 17.5 Å². The first-order chi connectivity index (χ1) is 12.3. The number of rotatable bonds is 6. The molecule has 2 aromatic carbocycles. The Labute approximate surface area is 158 Å². The van der Waals surface area contributed by atoms with Crippen LogP contribution in [0, 0.1) is 20.8 Å². The second-order valence-electron chi connectivity index (χ2n) is 6.16. The standard InChI is InChI=1S/C20H24N2O3S/c1-12-8-13(2)20(14(3)9-12)26-11-19(24)22-17-10-16(21-15(4)23)6-7-18(17)25-5/h6-10H,11H2,1-5H3,(H,21,23)(H,22,24). The highest BCUT2D eigenvalue weighted by Gasteiger charge is 2.12. The van der Waals surface area contributed by atoms with Crippen molar-refractivity contribution in [2.45, 2.75) is 32.6 Å². The van der Waals surface area contributed by atoms with Crippen LogP contribution in [0.25, 0.3) is 0 Å². The average molecular weight is 372 g/mol.